The minimum atomic E-state index is -1.22. The zero-order valence-corrected chi connectivity index (χ0v) is 33.0. The molecule has 5 amide bonds. The highest BCUT2D eigenvalue weighted by molar-refractivity contribution is 6.45. The Bertz CT molecular complexity index is 1940. The van der Waals surface area contributed by atoms with Crippen molar-refractivity contribution in [3.8, 4) is 0 Å². The van der Waals surface area contributed by atoms with Crippen molar-refractivity contribution in [2.75, 3.05) is 13.1 Å². The summed E-state index contributed by atoms with van der Waals surface area (Å²) in [5.74, 6) is -5.00. The van der Waals surface area contributed by atoms with Gasteiger partial charge in [0.15, 0.2) is 0 Å². The fraction of sp³-hybridized carbons (Fsp3) is 0.452. The third kappa shape index (κ3) is 10.5. The molecule has 3 N–H and O–H groups in total. The van der Waals surface area contributed by atoms with Crippen molar-refractivity contribution in [1.82, 2.24) is 35.7 Å². The van der Waals surface area contributed by atoms with Gasteiger partial charge in [-0.25, -0.2) is 9.78 Å². The fourth-order valence-electron chi connectivity index (χ4n) is 7.06. The molecule has 5 atom stereocenters. The number of Topliss-reactive ketones (excluding diaryl/α,β-unsaturated/α-hetero) is 2. The number of fused-ring (bicyclic) bond motifs is 1. The standard InChI is InChI=1S/C42H51N7O8/c1-6-12-31(37(51)36(50)28-14-8-7-9-15-28)45-39(53)33-21-30(57-42(56)48-20-17-27-13-10-11-16-29(27)23-48)24-49(33)41(55)35(26(4)5)47-40(54)34(25(2)3)46-38(52)32-22-43-18-19-44-32/h7-11,13-16,18-19,22,25-26,30-31,33-35H,6,12,17,20-21,23-24H2,1-5H3,(H,45,53)(H,46,52)(H,47,54)/t30-,31?,33+,34-,35-/m1/s1. The zero-order chi connectivity index (χ0) is 41.2. The molecule has 0 bridgehead atoms. The number of aromatic nitrogens is 2. The molecule has 2 aliphatic rings. The van der Waals surface area contributed by atoms with Crippen molar-refractivity contribution < 1.29 is 38.3 Å². The summed E-state index contributed by atoms with van der Waals surface area (Å²) in [6.45, 7) is 9.36. The molecule has 5 rings (SSSR count). The molecule has 57 heavy (non-hydrogen) atoms. The third-order valence-electron chi connectivity index (χ3n) is 10.2. The summed E-state index contributed by atoms with van der Waals surface area (Å²) in [6.07, 6.45) is 3.74. The van der Waals surface area contributed by atoms with Gasteiger partial charge in [-0.15, -0.1) is 0 Å². The van der Waals surface area contributed by atoms with Crippen LogP contribution in [0.15, 0.2) is 73.2 Å². The predicted octanol–water partition coefficient (Wildman–Crippen LogP) is 3.27. The first-order valence-corrected chi connectivity index (χ1v) is 19.4. The molecule has 0 aliphatic carbocycles. The normalized spacial score (nSPS) is 17.9. The monoisotopic (exact) mass is 781 g/mol. The molecule has 1 fully saturated rings. The summed E-state index contributed by atoms with van der Waals surface area (Å²) < 4.78 is 5.95. The molecule has 3 heterocycles. The van der Waals surface area contributed by atoms with E-state index in [4.69, 9.17) is 4.74 Å². The summed E-state index contributed by atoms with van der Waals surface area (Å²) >= 11 is 0. The first-order valence-electron chi connectivity index (χ1n) is 19.4. The van der Waals surface area contributed by atoms with Crippen molar-refractivity contribution >= 4 is 41.3 Å². The van der Waals surface area contributed by atoms with Gasteiger partial charge >= 0.3 is 6.09 Å². The second-order valence-electron chi connectivity index (χ2n) is 15.1. The lowest BCUT2D eigenvalue weighted by molar-refractivity contribution is -0.143. The second kappa shape index (κ2) is 19.2. The number of ketones is 2. The molecule has 0 saturated carbocycles. The van der Waals surface area contributed by atoms with Gasteiger partial charge in [0.2, 0.25) is 29.3 Å². The van der Waals surface area contributed by atoms with E-state index < -0.39 is 83.4 Å². The van der Waals surface area contributed by atoms with E-state index in [0.717, 1.165) is 11.1 Å². The molecule has 15 heteroatoms. The minimum absolute atomic E-state index is 0.0121. The lowest BCUT2D eigenvalue weighted by Gasteiger charge is -2.32. The predicted molar refractivity (Wildman–Crippen MR) is 208 cm³/mol. The Balaban J connectivity index is 1.37. The molecule has 0 radical (unpaired) electrons. The van der Waals surface area contributed by atoms with E-state index in [1.54, 1.807) is 50.8 Å². The Kier molecular flexibility index (Phi) is 14.2. The van der Waals surface area contributed by atoms with E-state index in [0.29, 0.717) is 25.9 Å². The summed E-state index contributed by atoms with van der Waals surface area (Å²) in [5, 5.41) is 8.19. The first kappa shape index (κ1) is 42.2. The molecule has 15 nitrogen and oxygen atoms in total. The average molecular weight is 782 g/mol. The third-order valence-corrected chi connectivity index (χ3v) is 10.2. The van der Waals surface area contributed by atoms with Gasteiger partial charge in [0, 0.05) is 37.5 Å². The Labute approximate surface area is 332 Å². The van der Waals surface area contributed by atoms with E-state index in [9.17, 15) is 33.6 Å². The SMILES string of the molecule is CCCC(NC(=O)[C@@H]1C[C@@H](OC(=O)N2CCc3ccccc3C2)CN1C(=O)[C@H](NC(=O)[C@H](NC(=O)c1cnccn1)C(C)C)C(C)C)C(=O)C(=O)c1ccccc1. The van der Waals surface area contributed by atoms with Gasteiger partial charge in [-0.2, -0.15) is 0 Å². The van der Waals surface area contributed by atoms with Crippen LogP contribution in [0, 0.1) is 11.8 Å². The number of amides is 5. The van der Waals surface area contributed by atoms with E-state index >= 15 is 0 Å². The molecule has 302 valence electrons. The summed E-state index contributed by atoms with van der Waals surface area (Å²) in [7, 11) is 0. The van der Waals surface area contributed by atoms with Gasteiger partial charge in [0.25, 0.3) is 5.91 Å². The highest BCUT2D eigenvalue weighted by atomic mass is 16.6. The fourth-order valence-corrected chi connectivity index (χ4v) is 7.06. The molecular formula is C42H51N7O8. The van der Waals surface area contributed by atoms with Crippen molar-refractivity contribution in [1.29, 1.82) is 0 Å². The number of likely N-dealkylation sites (tertiary alicyclic amines) is 1. The van der Waals surface area contributed by atoms with Gasteiger partial charge in [0.1, 0.15) is 29.9 Å². The van der Waals surface area contributed by atoms with Crippen LogP contribution in [-0.2, 0) is 36.9 Å². The number of hydrogen-bond donors (Lipinski definition) is 3. The number of nitrogens with zero attached hydrogens (tertiary/aromatic N) is 4. The first-order chi connectivity index (χ1) is 27.3. The Morgan fingerprint density at radius 3 is 2.18 bits per heavy atom. The average Bonchev–Trinajstić information content (AvgIpc) is 3.64. The minimum Gasteiger partial charge on any atom is -0.444 e. The van der Waals surface area contributed by atoms with Crippen molar-refractivity contribution in [2.24, 2.45) is 11.8 Å². The second-order valence-corrected chi connectivity index (χ2v) is 15.1. The van der Waals surface area contributed by atoms with Crippen molar-refractivity contribution in [2.45, 2.75) is 97.1 Å². The van der Waals surface area contributed by atoms with Crippen LogP contribution < -0.4 is 16.0 Å². The Morgan fingerprint density at radius 2 is 1.53 bits per heavy atom. The van der Waals surface area contributed by atoms with Gasteiger partial charge in [-0.3, -0.25) is 33.8 Å². The molecule has 3 aromatic rings. The lowest BCUT2D eigenvalue weighted by Crippen LogP contribution is -2.59. The number of rotatable bonds is 15. The van der Waals surface area contributed by atoms with Gasteiger partial charge < -0.3 is 30.5 Å². The number of ether oxygens (including phenoxy) is 1. The van der Waals surface area contributed by atoms with Gasteiger partial charge in [-0.1, -0.05) is 95.6 Å². The molecule has 1 unspecified atom stereocenters. The van der Waals surface area contributed by atoms with E-state index in [2.05, 4.69) is 25.9 Å². The van der Waals surface area contributed by atoms with E-state index in [1.807, 2.05) is 31.2 Å². The highest BCUT2D eigenvalue weighted by Crippen LogP contribution is 2.26. The zero-order valence-electron chi connectivity index (χ0n) is 33.0. The van der Waals surface area contributed by atoms with Crippen LogP contribution in [0.4, 0.5) is 4.79 Å². The van der Waals surface area contributed by atoms with Crippen LogP contribution in [0.1, 0.15) is 85.9 Å². The molecular weight excluding hydrogens is 731 g/mol. The highest BCUT2D eigenvalue weighted by Gasteiger charge is 2.46. The number of benzene rings is 2. The van der Waals surface area contributed by atoms with Crippen LogP contribution in [0.3, 0.4) is 0 Å². The molecule has 0 spiro atoms. The van der Waals surface area contributed by atoms with Crippen LogP contribution in [-0.4, -0.2) is 104 Å². The number of carbonyl (C=O) groups is 7. The number of carbonyl (C=O) groups excluding carboxylic acids is 7. The van der Waals surface area contributed by atoms with Crippen LogP contribution in [0.5, 0.6) is 0 Å². The Hall–Kier alpha value is -5.99. The molecule has 1 saturated heterocycles. The number of hydrogen-bond acceptors (Lipinski definition) is 10. The van der Waals surface area contributed by atoms with E-state index in [1.165, 1.54) is 35.6 Å². The van der Waals surface area contributed by atoms with Crippen molar-refractivity contribution in [3.63, 3.8) is 0 Å². The maximum atomic E-state index is 14.5. The Morgan fingerprint density at radius 1 is 0.842 bits per heavy atom. The van der Waals surface area contributed by atoms with E-state index in [-0.39, 0.29) is 30.6 Å². The largest absolute Gasteiger partial charge is 0.444 e. The van der Waals surface area contributed by atoms with Gasteiger partial charge in [-0.05, 0) is 35.8 Å². The lowest BCUT2D eigenvalue weighted by atomic mass is 9.98. The maximum Gasteiger partial charge on any atom is 0.410 e. The molecule has 1 aromatic heterocycles. The summed E-state index contributed by atoms with van der Waals surface area (Å²) in [6, 6.07) is 11.2. The topological polar surface area (TPSA) is 197 Å². The smallest absolute Gasteiger partial charge is 0.410 e. The quantitative estimate of drug-likeness (QED) is 0.152. The summed E-state index contributed by atoms with van der Waals surface area (Å²) in [5.41, 5.74) is 2.34. The summed E-state index contributed by atoms with van der Waals surface area (Å²) in [4.78, 5) is 106. The van der Waals surface area contributed by atoms with Crippen LogP contribution in [0.25, 0.3) is 0 Å². The molecule has 2 aromatic carbocycles. The van der Waals surface area contributed by atoms with Crippen molar-refractivity contribution in [3.05, 3.63) is 95.6 Å². The maximum absolute atomic E-state index is 14.5. The molecule has 2 aliphatic heterocycles. The van der Waals surface area contributed by atoms with Crippen LogP contribution >= 0.6 is 0 Å². The van der Waals surface area contributed by atoms with Gasteiger partial charge in [0.05, 0.1) is 18.8 Å². The van der Waals surface area contributed by atoms with Crippen LogP contribution in [0.2, 0.25) is 0 Å². The number of nitrogens with one attached hydrogen (secondary N) is 3.